The van der Waals surface area contributed by atoms with E-state index in [1.165, 1.54) is 30.4 Å². The molecular formula is C44H52FN6O8PS. The van der Waals surface area contributed by atoms with Crippen LogP contribution < -0.4 is 19.8 Å². The molecule has 0 spiro atoms. The summed E-state index contributed by atoms with van der Waals surface area (Å²) < 4.78 is 48.0. The minimum Gasteiger partial charge on any atom is -0.465 e. The summed E-state index contributed by atoms with van der Waals surface area (Å²) in [5.74, 6) is -3.31. The summed E-state index contributed by atoms with van der Waals surface area (Å²) in [6, 6.07) is 13.8. The number of ether oxygens (including phenoxy) is 2. The van der Waals surface area contributed by atoms with Crippen molar-refractivity contribution in [2.45, 2.75) is 88.4 Å². The van der Waals surface area contributed by atoms with Crippen LogP contribution in [-0.4, -0.2) is 109 Å². The fourth-order valence-electron chi connectivity index (χ4n) is 8.78. The average Bonchev–Trinajstić information content (AvgIpc) is 3.86. The summed E-state index contributed by atoms with van der Waals surface area (Å²) in [6.07, 6.45) is 7.53. The van der Waals surface area contributed by atoms with Crippen molar-refractivity contribution in [1.82, 2.24) is 25.2 Å². The highest BCUT2D eigenvalue weighted by atomic mass is 32.1. The number of aromatic nitrogens is 1. The molecule has 4 aliphatic heterocycles. The third-order valence-electron chi connectivity index (χ3n) is 12.0. The number of hydrogen-bond acceptors (Lipinski definition) is 11. The average molecular weight is 875 g/mol. The van der Waals surface area contributed by atoms with E-state index in [-0.39, 0.29) is 41.7 Å². The first-order valence-electron chi connectivity index (χ1n) is 21.2. The number of morpholine rings is 1. The second-order valence-corrected chi connectivity index (χ2v) is 19.4. The zero-order valence-corrected chi connectivity index (χ0v) is 36.1. The lowest BCUT2D eigenvalue weighted by Crippen LogP contribution is -2.58. The molecule has 324 valence electrons. The number of benzene rings is 2. The number of para-hydroxylation sites is 1. The summed E-state index contributed by atoms with van der Waals surface area (Å²) >= 11 is 1.19. The number of halogens is 1. The van der Waals surface area contributed by atoms with Crippen LogP contribution in [0, 0.1) is 0 Å². The number of amides is 3. The highest BCUT2D eigenvalue weighted by Crippen LogP contribution is 2.58. The van der Waals surface area contributed by atoms with Crippen molar-refractivity contribution in [1.29, 1.82) is 0 Å². The number of rotatable bonds is 14. The normalized spacial score (nSPS) is 22.7. The van der Waals surface area contributed by atoms with Gasteiger partial charge >= 0.3 is 13.5 Å². The zero-order chi connectivity index (χ0) is 42.7. The minimum atomic E-state index is -4.44. The second kappa shape index (κ2) is 18.6. The molecule has 61 heavy (non-hydrogen) atoms. The van der Waals surface area contributed by atoms with Gasteiger partial charge in [0.05, 0.1) is 24.7 Å². The number of hydrogen-bond donors (Lipinski definition) is 2. The van der Waals surface area contributed by atoms with E-state index in [1.54, 1.807) is 53.6 Å². The van der Waals surface area contributed by atoms with E-state index in [0.29, 0.717) is 60.5 Å². The molecule has 4 fully saturated rings. The molecule has 0 radical (unpaired) electrons. The number of nitrogens with one attached hydrogen (secondary N) is 2. The summed E-state index contributed by atoms with van der Waals surface area (Å²) in [7, 11) is -4.44. The molecule has 14 nitrogen and oxygen atoms in total. The molecule has 17 heteroatoms. The number of nitrogens with zero attached hydrogens (tertiary/aromatic N) is 4. The molecule has 0 bridgehead atoms. The van der Waals surface area contributed by atoms with Crippen LogP contribution >= 0.6 is 18.9 Å². The van der Waals surface area contributed by atoms with E-state index < -0.39 is 43.4 Å². The van der Waals surface area contributed by atoms with Crippen LogP contribution in [0.4, 0.5) is 10.1 Å². The van der Waals surface area contributed by atoms with Gasteiger partial charge in [-0.3, -0.25) is 28.7 Å². The van der Waals surface area contributed by atoms with Crippen molar-refractivity contribution in [3.8, 4) is 5.75 Å². The first-order valence-corrected chi connectivity index (χ1v) is 23.7. The Labute approximate surface area is 358 Å². The molecule has 2 aromatic heterocycles. The highest BCUT2D eigenvalue weighted by Gasteiger charge is 2.48. The number of pyridine rings is 1. The van der Waals surface area contributed by atoms with Gasteiger partial charge < -0.3 is 34.0 Å². The summed E-state index contributed by atoms with van der Waals surface area (Å²) in [5.41, 5.74) is 2.28. The zero-order valence-electron chi connectivity index (χ0n) is 34.4. The Kier molecular flexibility index (Phi) is 13.1. The quantitative estimate of drug-likeness (QED) is 0.104. The summed E-state index contributed by atoms with van der Waals surface area (Å²) in [4.78, 5) is 65.3. The van der Waals surface area contributed by atoms with Crippen molar-refractivity contribution in [2.75, 3.05) is 50.9 Å². The number of anilines is 1. The van der Waals surface area contributed by atoms with Crippen molar-refractivity contribution in [3.05, 3.63) is 89.1 Å². The van der Waals surface area contributed by atoms with Gasteiger partial charge in [0.15, 0.2) is 0 Å². The van der Waals surface area contributed by atoms with Gasteiger partial charge in [-0.05, 0) is 92.8 Å². The Bertz CT molecular complexity index is 2290. The van der Waals surface area contributed by atoms with Gasteiger partial charge in [-0.1, -0.05) is 31.2 Å². The Morgan fingerprint density at radius 2 is 1.82 bits per heavy atom. The number of carbonyl (C=O) groups is 4. The molecule has 0 saturated carbocycles. The fraction of sp³-hybridized carbons (Fsp3) is 0.477. The minimum absolute atomic E-state index is 0.0272. The van der Waals surface area contributed by atoms with Gasteiger partial charge in [0.1, 0.15) is 23.9 Å². The van der Waals surface area contributed by atoms with Crippen LogP contribution in [0.1, 0.15) is 85.0 Å². The molecule has 2 aromatic carbocycles. The molecule has 0 aliphatic carbocycles. The Balaban J connectivity index is 0.934. The molecule has 6 atom stereocenters. The number of thiophene rings is 1. The van der Waals surface area contributed by atoms with Crippen LogP contribution in [0.3, 0.4) is 0 Å². The van der Waals surface area contributed by atoms with E-state index in [2.05, 4.69) is 20.3 Å². The number of fused-ring (bicyclic) bond motifs is 2. The molecule has 4 aromatic rings. The highest BCUT2D eigenvalue weighted by molar-refractivity contribution is 7.57. The lowest BCUT2D eigenvalue weighted by molar-refractivity contribution is -0.148. The summed E-state index contributed by atoms with van der Waals surface area (Å²) in [6.45, 7) is 7.52. The first-order chi connectivity index (χ1) is 29.5. The van der Waals surface area contributed by atoms with Gasteiger partial charge in [0.25, 0.3) is 5.91 Å². The Hall–Kier alpha value is -4.89. The van der Waals surface area contributed by atoms with Gasteiger partial charge in [-0.25, -0.2) is 9.48 Å². The largest absolute Gasteiger partial charge is 0.465 e. The molecule has 4 saturated heterocycles. The molecule has 4 aliphatic rings. The predicted molar refractivity (Wildman–Crippen MR) is 230 cm³/mol. The molecule has 8 rings (SSSR count). The predicted octanol–water partition coefficient (Wildman–Crippen LogP) is 6.57. The SMILES string of the molecule is CCCOC(=O)[C@H](C)NP(=O)(Oc1ccccc1)[C@H](F)c1ccc2sc(C(=O)N[C@H]3CCC[C@H]4CC[C@@H](C(=O)N5CC(c6cnccc6N6CCOCC6)C5)N4C3=O)cc2c1. The third-order valence-corrected chi connectivity index (χ3v) is 15.2. The number of esters is 1. The molecule has 2 N–H and O–H groups in total. The van der Waals surface area contributed by atoms with E-state index in [0.717, 1.165) is 43.6 Å². The van der Waals surface area contributed by atoms with Gasteiger partial charge in [-0.2, -0.15) is 0 Å². The van der Waals surface area contributed by atoms with Crippen molar-refractivity contribution >= 4 is 58.3 Å². The van der Waals surface area contributed by atoms with Crippen LogP contribution in [0.2, 0.25) is 0 Å². The van der Waals surface area contributed by atoms with Gasteiger partial charge in [-0.15, -0.1) is 11.3 Å². The third kappa shape index (κ3) is 9.18. The number of carbonyl (C=O) groups excluding carboxylic acids is 4. The molecular weight excluding hydrogens is 823 g/mol. The molecule has 3 amide bonds. The van der Waals surface area contributed by atoms with E-state index >= 15 is 4.39 Å². The van der Waals surface area contributed by atoms with Crippen molar-refractivity contribution in [3.63, 3.8) is 0 Å². The lowest BCUT2D eigenvalue weighted by atomic mass is 9.90. The van der Waals surface area contributed by atoms with E-state index in [9.17, 15) is 23.7 Å². The van der Waals surface area contributed by atoms with Gasteiger partial charge in [0, 0.05) is 66.5 Å². The smallest absolute Gasteiger partial charge is 0.355 e. The first kappa shape index (κ1) is 42.8. The van der Waals surface area contributed by atoms with Crippen molar-refractivity contribution in [2.24, 2.45) is 0 Å². The topological polar surface area (TPSA) is 160 Å². The van der Waals surface area contributed by atoms with E-state index in [4.69, 9.17) is 14.0 Å². The van der Waals surface area contributed by atoms with Crippen molar-refractivity contribution < 1.29 is 42.1 Å². The molecule has 1 unspecified atom stereocenters. The Morgan fingerprint density at radius 3 is 2.59 bits per heavy atom. The van der Waals surface area contributed by atoms with Crippen LogP contribution in [-0.2, 0) is 28.4 Å². The van der Waals surface area contributed by atoms with E-state index in [1.807, 2.05) is 24.1 Å². The number of likely N-dealkylation sites (tertiary alicyclic amines) is 1. The number of alkyl halides is 1. The van der Waals surface area contributed by atoms with Crippen LogP contribution in [0.25, 0.3) is 10.1 Å². The maximum atomic E-state index is 16.5. The summed E-state index contributed by atoms with van der Waals surface area (Å²) in [5, 5.41) is 6.08. The second-order valence-electron chi connectivity index (χ2n) is 16.2. The monoisotopic (exact) mass is 874 g/mol. The van der Waals surface area contributed by atoms with Gasteiger partial charge in [0.2, 0.25) is 17.7 Å². The fourth-order valence-corrected chi connectivity index (χ4v) is 11.6. The maximum Gasteiger partial charge on any atom is 0.355 e. The lowest BCUT2D eigenvalue weighted by Gasteiger charge is -2.44. The molecule has 6 heterocycles. The van der Waals surface area contributed by atoms with Crippen LogP contribution in [0.15, 0.2) is 73.1 Å². The Morgan fingerprint density at radius 1 is 1.03 bits per heavy atom. The standard InChI is InChI=1S/C44H52FN6O8PS/c1-3-20-58-44(55)28(2)48-60(56,59-33-9-5-4-6-10-33)40(45)29-12-15-38-30(23-29)24-39(61-38)41(52)47-35-11-7-8-32-13-14-37(51(32)42(35)53)43(54)50-26-31(27-50)34-25-46-17-16-36(34)49-18-21-57-22-19-49/h4-6,9-10,12,15-17,23-25,28,31-32,35,37,40H,3,7-8,11,13-14,18-22,26-27H2,1-2H3,(H,47,52)(H,48,56)/t28-,32-,35-,37-,40-,60?/m0/s1. The van der Waals surface area contributed by atoms with Crippen LogP contribution in [0.5, 0.6) is 5.75 Å². The maximum absolute atomic E-state index is 16.5.